The molecule has 0 bridgehead atoms. The molecule has 0 saturated heterocycles. The summed E-state index contributed by atoms with van der Waals surface area (Å²) in [6, 6.07) is 20.8. The minimum Gasteiger partial charge on any atom is -0.341 e. The second-order valence-corrected chi connectivity index (χ2v) is 7.65. The summed E-state index contributed by atoms with van der Waals surface area (Å²) in [7, 11) is 0. The molecule has 0 radical (unpaired) electrons. The van der Waals surface area contributed by atoms with Gasteiger partial charge in [0.2, 0.25) is 5.91 Å². The van der Waals surface area contributed by atoms with Gasteiger partial charge in [-0.1, -0.05) is 30.3 Å². The third kappa shape index (κ3) is 3.76. The predicted molar refractivity (Wildman–Crippen MR) is 116 cm³/mol. The highest BCUT2D eigenvalue weighted by atomic mass is 32.2. The Bertz CT molecular complexity index is 1130. The van der Waals surface area contributed by atoms with Crippen molar-refractivity contribution in [2.45, 2.75) is 19.2 Å². The topological polar surface area (TPSA) is 34.0 Å². The molecule has 0 aliphatic carbocycles. The van der Waals surface area contributed by atoms with Gasteiger partial charge in [0.1, 0.15) is 5.82 Å². The lowest BCUT2D eigenvalue weighted by atomic mass is 10.1. The van der Waals surface area contributed by atoms with Crippen LogP contribution in [0.3, 0.4) is 0 Å². The minimum atomic E-state index is -0.244. The maximum atomic E-state index is 12.9. The van der Waals surface area contributed by atoms with Crippen molar-refractivity contribution in [3.05, 3.63) is 78.1 Å². The number of aryl methyl sites for hydroxylation is 1. The zero-order valence-electron chi connectivity index (χ0n) is 15.6. The molecule has 1 amide bonds. The number of nitrogens with zero attached hydrogens (tertiary/aromatic N) is 1. The number of thioether (sulfide) groups is 1. The van der Waals surface area contributed by atoms with Crippen LogP contribution in [0.5, 0.6) is 0 Å². The Kier molecular flexibility index (Phi) is 5.35. The fraction of sp³-hybridized carbons (Fsp3) is 0.174. The number of carbonyl (C=O) groups is 1. The Morgan fingerprint density at radius 1 is 1.00 bits per heavy atom. The zero-order valence-corrected chi connectivity index (χ0v) is 16.4. The smallest absolute Gasteiger partial charge is 0.234 e. The highest BCUT2D eigenvalue weighted by molar-refractivity contribution is 7.99. The summed E-state index contributed by atoms with van der Waals surface area (Å²) in [6.45, 7) is 3.04. The van der Waals surface area contributed by atoms with E-state index in [0.29, 0.717) is 11.5 Å². The van der Waals surface area contributed by atoms with E-state index in [9.17, 15) is 9.18 Å². The van der Waals surface area contributed by atoms with E-state index in [1.165, 1.54) is 40.3 Å². The molecule has 3 aromatic carbocycles. The number of hydrogen-bond donors (Lipinski definition) is 1. The van der Waals surface area contributed by atoms with Gasteiger partial charge in [-0.25, -0.2) is 4.39 Å². The summed E-state index contributed by atoms with van der Waals surface area (Å²) < 4.78 is 15.2. The van der Waals surface area contributed by atoms with Gasteiger partial charge < -0.3 is 9.88 Å². The lowest BCUT2D eigenvalue weighted by Crippen LogP contribution is -2.14. The number of anilines is 1. The van der Waals surface area contributed by atoms with Crippen LogP contribution < -0.4 is 5.32 Å². The molecule has 142 valence electrons. The van der Waals surface area contributed by atoms with Gasteiger partial charge in [-0.3, -0.25) is 4.79 Å². The number of hydrogen-bond acceptors (Lipinski definition) is 2. The molecule has 4 rings (SSSR count). The molecule has 0 saturated carbocycles. The molecule has 0 spiro atoms. The van der Waals surface area contributed by atoms with E-state index in [2.05, 4.69) is 41.1 Å². The average Bonchev–Trinajstić information content (AvgIpc) is 3.02. The van der Waals surface area contributed by atoms with E-state index in [0.717, 1.165) is 23.2 Å². The van der Waals surface area contributed by atoms with Crippen LogP contribution in [-0.2, 0) is 17.1 Å². The van der Waals surface area contributed by atoms with Gasteiger partial charge in [-0.15, -0.1) is 11.8 Å². The number of rotatable bonds is 6. The second-order valence-electron chi connectivity index (χ2n) is 6.66. The maximum absolute atomic E-state index is 12.9. The van der Waals surface area contributed by atoms with Crippen LogP contribution in [-0.4, -0.2) is 16.2 Å². The van der Waals surface area contributed by atoms with Gasteiger partial charge in [0.05, 0.1) is 5.75 Å². The molecule has 0 atom stereocenters. The molecular formula is C23H21FN2OS. The normalized spacial score (nSPS) is 11.2. The van der Waals surface area contributed by atoms with E-state index >= 15 is 0 Å². The van der Waals surface area contributed by atoms with Gasteiger partial charge >= 0.3 is 0 Å². The molecule has 0 unspecified atom stereocenters. The van der Waals surface area contributed by atoms with Gasteiger partial charge in [0.15, 0.2) is 0 Å². The predicted octanol–water partition coefficient (Wildman–Crippen LogP) is 5.83. The van der Waals surface area contributed by atoms with Crippen molar-refractivity contribution in [1.82, 2.24) is 4.57 Å². The van der Waals surface area contributed by atoms with Gasteiger partial charge in [-0.05, 0) is 48.9 Å². The Hall–Kier alpha value is -2.79. The molecule has 1 N–H and O–H groups in total. The summed E-state index contributed by atoms with van der Waals surface area (Å²) in [4.78, 5) is 12.3. The Balaban J connectivity index is 1.46. The van der Waals surface area contributed by atoms with Gasteiger partial charge in [-0.2, -0.15) is 0 Å². The number of aromatic nitrogens is 1. The average molecular weight is 392 g/mol. The van der Waals surface area contributed by atoms with Crippen molar-refractivity contribution >= 4 is 45.2 Å². The van der Waals surface area contributed by atoms with Crippen LogP contribution >= 0.6 is 11.8 Å². The summed E-state index contributed by atoms with van der Waals surface area (Å²) in [5.41, 5.74) is 4.19. The van der Waals surface area contributed by atoms with Crippen molar-refractivity contribution < 1.29 is 9.18 Å². The molecule has 4 aromatic rings. The number of halogens is 1. The van der Waals surface area contributed by atoms with Crippen LogP contribution in [0.15, 0.2) is 66.7 Å². The molecule has 0 aliphatic rings. The SMILES string of the molecule is CCn1c2ccccc2c2cc(NC(=O)CSCc3ccc(F)cc3)ccc21. The van der Waals surface area contributed by atoms with Crippen LogP contribution in [0.2, 0.25) is 0 Å². The Morgan fingerprint density at radius 2 is 1.75 bits per heavy atom. The van der Waals surface area contributed by atoms with Crippen LogP contribution in [0.25, 0.3) is 21.8 Å². The van der Waals surface area contributed by atoms with E-state index < -0.39 is 0 Å². The maximum Gasteiger partial charge on any atom is 0.234 e. The molecule has 0 fully saturated rings. The summed E-state index contributed by atoms with van der Waals surface area (Å²) >= 11 is 1.51. The van der Waals surface area contributed by atoms with Crippen molar-refractivity contribution in [3.8, 4) is 0 Å². The Labute approximate surface area is 167 Å². The first kappa shape index (κ1) is 18.6. The number of nitrogens with one attached hydrogen (secondary N) is 1. The summed E-state index contributed by atoms with van der Waals surface area (Å²) in [6.07, 6.45) is 0. The molecular weight excluding hydrogens is 371 g/mol. The van der Waals surface area contributed by atoms with Gasteiger partial charge in [0.25, 0.3) is 0 Å². The molecule has 3 nitrogen and oxygen atoms in total. The Morgan fingerprint density at radius 3 is 2.54 bits per heavy atom. The number of fused-ring (bicyclic) bond motifs is 3. The third-order valence-corrected chi connectivity index (χ3v) is 5.79. The molecule has 1 aromatic heterocycles. The third-order valence-electron chi connectivity index (χ3n) is 4.79. The number of para-hydroxylation sites is 1. The number of amides is 1. The minimum absolute atomic E-state index is 0.0364. The van der Waals surface area contributed by atoms with E-state index in [4.69, 9.17) is 0 Å². The largest absolute Gasteiger partial charge is 0.341 e. The van der Waals surface area contributed by atoms with E-state index in [1.54, 1.807) is 12.1 Å². The van der Waals surface area contributed by atoms with Crippen molar-refractivity contribution in [1.29, 1.82) is 0 Å². The number of benzene rings is 3. The highest BCUT2D eigenvalue weighted by Gasteiger charge is 2.11. The number of carbonyl (C=O) groups excluding carboxylic acids is 1. The second kappa shape index (κ2) is 8.07. The van der Waals surface area contributed by atoms with Crippen LogP contribution in [0.1, 0.15) is 12.5 Å². The molecule has 1 heterocycles. The van der Waals surface area contributed by atoms with Crippen LogP contribution in [0.4, 0.5) is 10.1 Å². The first-order valence-electron chi connectivity index (χ1n) is 9.28. The zero-order chi connectivity index (χ0) is 19.5. The fourth-order valence-corrected chi connectivity index (χ4v) is 4.30. The lowest BCUT2D eigenvalue weighted by Gasteiger charge is -2.07. The van der Waals surface area contributed by atoms with Crippen molar-refractivity contribution in [2.75, 3.05) is 11.1 Å². The van der Waals surface area contributed by atoms with Gasteiger partial charge in [0, 0.05) is 39.8 Å². The molecule has 0 aliphatic heterocycles. The van der Waals surface area contributed by atoms with E-state index in [-0.39, 0.29) is 11.7 Å². The standard InChI is InChI=1S/C23H21FN2OS/c1-2-26-21-6-4-3-5-19(21)20-13-18(11-12-22(20)26)25-23(27)15-28-14-16-7-9-17(24)10-8-16/h3-13H,2,14-15H2,1H3,(H,25,27). The van der Waals surface area contributed by atoms with Crippen LogP contribution in [0, 0.1) is 5.82 Å². The summed E-state index contributed by atoms with van der Waals surface area (Å²) in [5, 5.41) is 5.34. The molecule has 5 heteroatoms. The highest BCUT2D eigenvalue weighted by Crippen LogP contribution is 2.31. The summed E-state index contributed by atoms with van der Waals surface area (Å²) in [5.74, 6) is 0.750. The quantitative estimate of drug-likeness (QED) is 0.448. The lowest BCUT2D eigenvalue weighted by molar-refractivity contribution is -0.113. The fourth-order valence-electron chi connectivity index (χ4n) is 3.51. The first-order chi connectivity index (χ1) is 13.7. The van der Waals surface area contributed by atoms with Crippen molar-refractivity contribution in [2.24, 2.45) is 0 Å². The van der Waals surface area contributed by atoms with E-state index in [1.807, 2.05) is 18.2 Å². The monoisotopic (exact) mass is 392 g/mol. The van der Waals surface area contributed by atoms with Crippen molar-refractivity contribution in [3.63, 3.8) is 0 Å². The molecule has 28 heavy (non-hydrogen) atoms. The first-order valence-corrected chi connectivity index (χ1v) is 10.4.